The number of benzene rings is 3. The van der Waals surface area contributed by atoms with Crippen molar-refractivity contribution in [2.75, 3.05) is 13.7 Å². The Balaban J connectivity index is 1.51. The summed E-state index contributed by atoms with van der Waals surface area (Å²) in [5, 5.41) is 5.21. The summed E-state index contributed by atoms with van der Waals surface area (Å²) in [5.41, 5.74) is 4.13. The quantitative estimate of drug-likeness (QED) is 0.357. The second kappa shape index (κ2) is 11.2. The van der Waals surface area contributed by atoms with Crippen LogP contribution in [0.1, 0.15) is 11.1 Å². The van der Waals surface area contributed by atoms with Gasteiger partial charge in [0.25, 0.3) is 5.91 Å². The molecule has 0 fully saturated rings. The molecule has 3 aromatic rings. The smallest absolute Gasteiger partial charge is 0.277 e. The highest BCUT2D eigenvalue weighted by Gasteiger charge is 2.06. The molecule has 3 rings (SSSR count). The van der Waals surface area contributed by atoms with Crippen molar-refractivity contribution in [3.63, 3.8) is 0 Å². The van der Waals surface area contributed by atoms with Crippen LogP contribution in [0.15, 0.2) is 71.8 Å². The predicted octanol–water partition coefficient (Wildman–Crippen LogP) is 5.11. The van der Waals surface area contributed by atoms with E-state index in [-0.39, 0.29) is 12.5 Å². The molecule has 0 heterocycles. The number of hydrogen-bond donors (Lipinski definition) is 1. The molecule has 3 aromatic carbocycles. The molecule has 0 spiro atoms. The number of hydrogen-bond acceptors (Lipinski definition) is 5. The van der Waals surface area contributed by atoms with Crippen molar-refractivity contribution in [1.29, 1.82) is 0 Å². The Morgan fingerprint density at radius 1 is 0.935 bits per heavy atom. The number of halogens is 2. The van der Waals surface area contributed by atoms with Gasteiger partial charge in [-0.1, -0.05) is 35.3 Å². The van der Waals surface area contributed by atoms with Crippen molar-refractivity contribution in [2.45, 2.75) is 6.61 Å². The maximum absolute atomic E-state index is 11.9. The third-order valence-corrected chi connectivity index (χ3v) is 4.59. The molecule has 0 saturated carbocycles. The van der Waals surface area contributed by atoms with Gasteiger partial charge in [0.15, 0.2) is 18.1 Å². The summed E-state index contributed by atoms with van der Waals surface area (Å²) in [5.74, 6) is 1.30. The molecule has 1 N–H and O–H groups in total. The van der Waals surface area contributed by atoms with Crippen molar-refractivity contribution in [1.82, 2.24) is 5.43 Å². The summed E-state index contributed by atoms with van der Waals surface area (Å²) in [4.78, 5) is 11.9. The number of carbonyl (C=O) groups is 1. The van der Waals surface area contributed by atoms with Gasteiger partial charge in [-0.25, -0.2) is 5.43 Å². The zero-order valence-electron chi connectivity index (χ0n) is 16.7. The van der Waals surface area contributed by atoms with Crippen LogP contribution in [0.4, 0.5) is 0 Å². The monoisotopic (exact) mass is 458 g/mol. The second-order valence-corrected chi connectivity index (χ2v) is 7.23. The molecule has 0 aliphatic heterocycles. The number of hydrazone groups is 1. The molecule has 6 nitrogen and oxygen atoms in total. The van der Waals surface area contributed by atoms with Crippen LogP contribution >= 0.6 is 23.2 Å². The average Bonchev–Trinajstić information content (AvgIpc) is 2.78. The lowest BCUT2D eigenvalue weighted by atomic mass is 10.2. The number of nitrogens with zero attached hydrogens (tertiary/aromatic N) is 1. The Labute approximate surface area is 190 Å². The summed E-state index contributed by atoms with van der Waals surface area (Å²) >= 11 is 11.7. The van der Waals surface area contributed by atoms with Gasteiger partial charge in [-0.15, -0.1) is 0 Å². The molecular formula is C23H20Cl2N2O4. The molecule has 0 radical (unpaired) electrons. The van der Waals surface area contributed by atoms with E-state index in [0.29, 0.717) is 33.9 Å². The number of rotatable bonds is 9. The van der Waals surface area contributed by atoms with Crippen molar-refractivity contribution in [2.24, 2.45) is 5.10 Å². The van der Waals surface area contributed by atoms with Gasteiger partial charge in [0.2, 0.25) is 0 Å². The van der Waals surface area contributed by atoms with E-state index in [0.717, 1.165) is 11.1 Å². The van der Waals surface area contributed by atoms with Crippen LogP contribution in [-0.2, 0) is 11.4 Å². The first-order chi connectivity index (χ1) is 15.0. The Morgan fingerprint density at radius 3 is 2.29 bits per heavy atom. The van der Waals surface area contributed by atoms with Gasteiger partial charge in [0, 0.05) is 10.0 Å². The summed E-state index contributed by atoms with van der Waals surface area (Å²) in [6.45, 7) is 0.213. The lowest BCUT2D eigenvalue weighted by Gasteiger charge is -2.11. The molecule has 8 heteroatoms. The summed E-state index contributed by atoms with van der Waals surface area (Å²) in [6, 6.07) is 19.5. The normalized spacial score (nSPS) is 10.7. The van der Waals surface area contributed by atoms with Crippen molar-refractivity contribution < 1.29 is 19.0 Å². The molecule has 0 saturated heterocycles. The number of carbonyl (C=O) groups excluding carboxylic acids is 1. The Morgan fingerprint density at radius 2 is 1.61 bits per heavy atom. The first-order valence-corrected chi connectivity index (χ1v) is 10.0. The highest BCUT2D eigenvalue weighted by atomic mass is 35.5. The Bertz CT molecular complexity index is 1040. The first kappa shape index (κ1) is 22.5. The molecule has 160 valence electrons. The minimum atomic E-state index is -0.388. The van der Waals surface area contributed by atoms with Crippen molar-refractivity contribution in [3.05, 3.63) is 87.9 Å². The highest BCUT2D eigenvalue weighted by Crippen LogP contribution is 2.28. The summed E-state index contributed by atoms with van der Waals surface area (Å²) in [7, 11) is 1.56. The maximum Gasteiger partial charge on any atom is 0.277 e. The topological polar surface area (TPSA) is 69.2 Å². The van der Waals surface area contributed by atoms with E-state index >= 15 is 0 Å². The Kier molecular flexibility index (Phi) is 8.15. The standard InChI is InChI=1S/C23H20Cl2N2O4/c1-29-22-12-17(4-11-21(22)31-14-16-2-5-18(24)6-3-16)13-26-27-23(28)15-30-20-9-7-19(25)8-10-20/h2-13H,14-15H2,1H3,(H,27,28). The van der Waals surface area contributed by atoms with Crippen LogP contribution in [0.3, 0.4) is 0 Å². The van der Waals surface area contributed by atoms with E-state index in [2.05, 4.69) is 10.5 Å². The van der Waals surface area contributed by atoms with Crippen LogP contribution in [0.25, 0.3) is 0 Å². The van der Waals surface area contributed by atoms with Crippen molar-refractivity contribution >= 4 is 35.3 Å². The van der Waals surface area contributed by atoms with Gasteiger partial charge in [0.1, 0.15) is 12.4 Å². The maximum atomic E-state index is 11.9. The lowest BCUT2D eigenvalue weighted by molar-refractivity contribution is -0.123. The van der Waals surface area contributed by atoms with Crippen LogP contribution in [0, 0.1) is 0 Å². The zero-order chi connectivity index (χ0) is 22.1. The molecule has 0 aliphatic carbocycles. The van der Waals surface area contributed by atoms with E-state index < -0.39 is 0 Å². The van der Waals surface area contributed by atoms with Crippen LogP contribution in [0.5, 0.6) is 17.2 Å². The molecule has 0 aromatic heterocycles. The number of nitrogens with one attached hydrogen (secondary N) is 1. The largest absolute Gasteiger partial charge is 0.493 e. The fraction of sp³-hybridized carbons (Fsp3) is 0.130. The van der Waals surface area contributed by atoms with Gasteiger partial charge in [0.05, 0.1) is 13.3 Å². The molecule has 0 aliphatic rings. The van der Waals surface area contributed by atoms with E-state index in [4.69, 9.17) is 37.4 Å². The van der Waals surface area contributed by atoms with Gasteiger partial charge >= 0.3 is 0 Å². The summed E-state index contributed by atoms with van der Waals surface area (Å²) in [6.07, 6.45) is 1.51. The van der Waals surface area contributed by atoms with E-state index in [9.17, 15) is 4.79 Å². The fourth-order valence-corrected chi connectivity index (χ4v) is 2.77. The molecule has 0 bridgehead atoms. The third-order valence-electron chi connectivity index (χ3n) is 4.08. The first-order valence-electron chi connectivity index (χ1n) is 9.29. The average molecular weight is 459 g/mol. The van der Waals surface area contributed by atoms with Crippen LogP contribution < -0.4 is 19.6 Å². The van der Waals surface area contributed by atoms with Crippen LogP contribution in [-0.4, -0.2) is 25.8 Å². The molecule has 1 amide bonds. The van der Waals surface area contributed by atoms with Gasteiger partial charge in [-0.05, 0) is 65.7 Å². The van der Waals surface area contributed by atoms with Gasteiger partial charge in [-0.2, -0.15) is 5.10 Å². The molecular weight excluding hydrogens is 439 g/mol. The minimum Gasteiger partial charge on any atom is -0.493 e. The number of ether oxygens (including phenoxy) is 3. The van der Waals surface area contributed by atoms with E-state index in [1.54, 1.807) is 49.6 Å². The number of amides is 1. The second-order valence-electron chi connectivity index (χ2n) is 6.36. The fourth-order valence-electron chi connectivity index (χ4n) is 2.52. The highest BCUT2D eigenvalue weighted by molar-refractivity contribution is 6.30. The zero-order valence-corrected chi connectivity index (χ0v) is 18.2. The molecule has 0 atom stereocenters. The third kappa shape index (κ3) is 7.20. The van der Waals surface area contributed by atoms with E-state index in [1.165, 1.54) is 6.21 Å². The van der Waals surface area contributed by atoms with Gasteiger partial charge < -0.3 is 14.2 Å². The minimum absolute atomic E-state index is 0.167. The van der Waals surface area contributed by atoms with Gasteiger partial charge in [-0.3, -0.25) is 4.79 Å². The van der Waals surface area contributed by atoms with Crippen LogP contribution in [0.2, 0.25) is 10.0 Å². The molecule has 0 unspecified atom stereocenters. The summed E-state index contributed by atoms with van der Waals surface area (Å²) < 4.78 is 16.6. The molecule has 31 heavy (non-hydrogen) atoms. The van der Waals surface area contributed by atoms with E-state index in [1.807, 2.05) is 24.3 Å². The lowest BCUT2D eigenvalue weighted by Crippen LogP contribution is -2.24. The SMILES string of the molecule is COc1cc(C=NNC(=O)COc2ccc(Cl)cc2)ccc1OCc1ccc(Cl)cc1. The number of methoxy groups -OCH3 is 1. The predicted molar refractivity (Wildman–Crippen MR) is 121 cm³/mol. The Hall–Kier alpha value is -3.22. The van der Waals surface area contributed by atoms with Crippen molar-refractivity contribution in [3.8, 4) is 17.2 Å².